The molecule has 0 saturated heterocycles. The number of nitrogen functional groups attached to an aromatic ring is 1. The lowest BCUT2D eigenvalue weighted by molar-refractivity contribution is -0.146. The maximum atomic E-state index is 15.3. The number of alkyl halides is 4. The van der Waals surface area contributed by atoms with Crippen molar-refractivity contribution in [1.29, 1.82) is 0 Å². The summed E-state index contributed by atoms with van der Waals surface area (Å²) in [5.41, 5.74) is 5.46. The molecule has 1 atom stereocenters. The van der Waals surface area contributed by atoms with Gasteiger partial charge in [0.1, 0.15) is 11.9 Å². The standard InChI is InChI=1S/C22H21ClF5N5O2/c23-14-2-1-13(12-5-8-33-15(9-12)31-20(29)32-33)17(24)16(14)19(35)30-10-22(27,28)18(34)11-3-6-21(25,26)7-4-11/h1-2,5,8-9,11,18,34H,3-4,6-7,10H2,(H2,29,32)(H,30,35)/t18-/m1/s1. The smallest absolute Gasteiger partial charge is 0.290 e. The highest BCUT2D eigenvalue weighted by Crippen LogP contribution is 2.40. The van der Waals surface area contributed by atoms with Gasteiger partial charge in [-0.1, -0.05) is 11.6 Å². The predicted octanol–water partition coefficient (Wildman–Crippen LogP) is 4.32. The Morgan fingerprint density at radius 1 is 1.31 bits per heavy atom. The van der Waals surface area contributed by atoms with Crippen molar-refractivity contribution in [3.63, 3.8) is 0 Å². The van der Waals surface area contributed by atoms with Gasteiger partial charge in [0.25, 0.3) is 11.8 Å². The number of nitrogens with one attached hydrogen (secondary N) is 1. The van der Waals surface area contributed by atoms with E-state index < -0.39 is 60.5 Å². The fraction of sp³-hybridized carbons (Fsp3) is 0.409. The molecule has 2 aromatic heterocycles. The number of aliphatic hydroxyl groups is 1. The highest BCUT2D eigenvalue weighted by Gasteiger charge is 2.47. The molecule has 1 fully saturated rings. The van der Waals surface area contributed by atoms with Gasteiger partial charge in [-0.2, -0.15) is 4.98 Å². The van der Waals surface area contributed by atoms with Gasteiger partial charge < -0.3 is 16.2 Å². The summed E-state index contributed by atoms with van der Waals surface area (Å²) in [6, 6.07) is 5.52. The quantitative estimate of drug-likeness (QED) is 0.422. The first-order valence-electron chi connectivity index (χ1n) is 10.7. The number of amides is 1. The van der Waals surface area contributed by atoms with E-state index in [1.54, 1.807) is 0 Å². The van der Waals surface area contributed by atoms with Crippen LogP contribution in [0, 0.1) is 11.7 Å². The topological polar surface area (TPSA) is 106 Å². The second kappa shape index (κ2) is 9.23. The van der Waals surface area contributed by atoms with Crippen LogP contribution in [0.5, 0.6) is 0 Å². The van der Waals surface area contributed by atoms with Gasteiger partial charge in [-0.15, -0.1) is 5.10 Å². The molecule has 0 radical (unpaired) electrons. The average molecular weight is 518 g/mol. The zero-order chi connectivity index (χ0) is 25.5. The number of fused-ring (bicyclic) bond motifs is 1. The zero-order valence-electron chi connectivity index (χ0n) is 18.1. The van der Waals surface area contributed by atoms with Crippen LogP contribution in [0.1, 0.15) is 36.0 Å². The molecule has 13 heteroatoms. The summed E-state index contributed by atoms with van der Waals surface area (Å²) in [6.07, 6.45) is -2.52. The molecule has 0 spiro atoms. The van der Waals surface area contributed by atoms with Crippen LogP contribution in [-0.2, 0) is 0 Å². The van der Waals surface area contributed by atoms with Crippen LogP contribution in [0.15, 0.2) is 30.5 Å². The van der Waals surface area contributed by atoms with Crippen LogP contribution in [0.2, 0.25) is 5.02 Å². The van der Waals surface area contributed by atoms with E-state index in [2.05, 4.69) is 10.1 Å². The first-order valence-corrected chi connectivity index (χ1v) is 11.1. The van der Waals surface area contributed by atoms with Crippen LogP contribution in [-0.4, -0.2) is 50.1 Å². The number of aliphatic hydroxyl groups excluding tert-OH is 1. The molecule has 1 aromatic carbocycles. The SMILES string of the molecule is Nc1nc2cc(-c3ccc(Cl)c(C(=O)NCC(F)(F)[C@H](O)C4CCC(F)(F)CC4)c3F)ccn2n1. The fourth-order valence-corrected chi connectivity index (χ4v) is 4.40. The molecule has 188 valence electrons. The van der Waals surface area contributed by atoms with Crippen molar-refractivity contribution in [3.8, 4) is 11.1 Å². The van der Waals surface area contributed by atoms with E-state index in [1.807, 2.05) is 5.32 Å². The van der Waals surface area contributed by atoms with E-state index in [4.69, 9.17) is 17.3 Å². The maximum Gasteiger partial charge on any atom is 0.290 e. The molecule has 0 aliphatic heterocycles. The number of hydrogen-bond acceptors (Lipinski definition) is 5. The van der Waals surface area contributed by atoms with Gasteiger partial charge in [0, 0.05) is 24.6 Å². The molecule has 3 aromatic rings. The molecule has 0 bridgehead atoms. The monoisotopic (exact) mass is 517 g/mol. The number of halogens is 6. The molecule has 1 aliphatic carbocycles. The van der Waals surface area contributed by atoms with Crippen molar-refractivity contribution in [2.24, 2.45) is 5.92 Å². The summed E-state index contributed by atoms with van der Waals surface area (Å²) in [5.74, 6) is -10.1. The van der Waals surface area contributed by atoms with Gasteiger partial charge in [0.05, 0.1) is 17.1 Å². The van der Waals surface area contributed by atoms with Crippen molar-refractivity contribution in [1.82, 2.24) is 19.9 Å². The molecule has 1 amide bonds. The van der Waals surface area contributed by atoms with E-state index in [0.29, 0.717) is 11.2 Å². The Balaban J connectivity index is 1.51. The number of rotatable bonds is 6. The van der Waals surface area contributed by atoms with Gasteiger partial charge >= 0.3 is 0 Å². The molecule has 1 aliphatic rings. The zero-order valence-corrected chi connectivity index (χ0v) is 18.9. The first kappa shape index (κ1) is 25.1. The Hall–Kier alpha value is -2.99. The van der Waals surface area contributed by atoms with Crippen LogP contribution in [0.4, 0.5) is 27.9 Å². The van der Waals surface area contributed by atoms with Gasteiger partial charge in [-0.25, -0.2) is 26.5 Å². The Labute approximate surface area is 201 Å². The fourth-order valence-electron chi connectivity index (χ4n) is 4.16. The Bertz CT molecular complexity index is 1260. The number of aromatic nitrogens is 3. The minimum absolute atomic E-state index is 0.00356. The van der Waals surface area contributed by atoms with Crippen molar-refractivity contribution < 1.29 is 31.9 Å². The van der Waals surface area contributed by atoms with Gasteiger partial charge in [-0.3, -0.25) is 4.79 Å². The number of pyridine rings is 1. The molecular formula is C22H21ClF5N5O2. The highest BCUT2D eigenvalue weighted by atomic mass is 35.5. The normalized spacial score (nSPS) is 17.5. The average Bonchev–Trinajstić information content (AvgIpc) is 3.16. The third-order valence-electron chi connectivity index (χ3n) is 6.11. The Morgan fingerprint density at radius 2 is 2.00 bits per heavy atom. The van der Waals surface area contributed by atoms with Crippen molar-refractivity contribution in [3.05, 3.63) is 46.9 Å². The van der Waals surface area contributed by atoms with Crippen molar-refractivity contribution in [2.75, 3.05) is 12.3 Å². The largest absolute Gasteiger partial charge is 0.386 e. The van der Waals surface area contributed by atoms with Crippen LogP contribution >= 0.6 is 11.6 Å². The van der Waals surface area contributed by atoms with E-state index in [-0.39, 0.29) is 29.4 Å². The number of carbonyl (C=O) groups excluding carboxylic acids is 1. The van der Waals surface area contributed by atoms with E-state index in [0.717, 1.165) is 0 Å². The van der Waals surface area contributed by atoms with E-state index in [1.165, 1.54) is 35.0 Å². The third-order valence-corrected chi connectivity index (χ3v) is 6.42. The van der Waals surface area contributed by atoms with Crippen LogP contribution in [0.25, 0.3) is 16.8 Å². The summed E-state index contributed by atoms with van der Waals surface area (Å²) in [5, 5.41) is 15.6. The van der Waals surface area contributed by atoms with Gasteiger partial charge in [-0.05, 0) is 48.6 Å². The summed E-state index contributed by atoms with van der Waals surface area (Å²) in [7, 11) is 0. The molecule has 0 unspecified atom stereocenters. The molecule has 1 saturated carbocycles. The van der Waals surface area contributed by atoms with Crippen LogP contribution in [0.3, 0.4) is 0 Å². The number of nitrogens with zero attached hydrogens (tertiary/aromatic N) is 3. The second-order valence-corrected chi connectivity index (χ2v) is 8.96. The molecule has 4 N–H and O–H groups in total. The van der Waals surface area contributed by atoms with Crippen LogP contribution < -0.4 is 11.1 Å². The third kappa shape index (κ3) is 5.18. The lowest BCUT2D eigenvalue weighted by Gasteiger charge is -2.34. The Kier molecular flexibility index (Phi) is 6.62. The van der Waals surface area contributed by atoms with Crippen molar-refractivity contribution in [2.45, 2.75) is 43.6 Å². The highest BCUT2D eigenvalue weighted by molar-refractivity contribution is 6.34. The number of hydrogen-bond donors (Lipinski definition) is 3. The number of anilines is 1. The lowest BCUT2D eigenvalue weighted by atomic mass is 9.81. The number of benzene rings is 1. The number of carbonyl (C=O) groups is 1. The summed E-state index contributed by atoms with van der Waals surface area (Å²) in [4.78, 5) is 16.6. The minimum Gasteiger partial charge on any atom is -0.386 e. The maximum absolute atomic E-state index is 15.3. The Morgan fingerprint density at radius 3 is 2.69 bits per heavy atom. The molecule has 4 rings (SSSR count). The van der Waals surface area contributed by atoms with E-state index in [9.17, 15) is 27.5 Å². The summed E-state index contributed by atoms with van der Waals surface area (Å²) >= 11 is 5.99. The minimum atomic E-state index is -3.83. The van der Waals surface area contributed by atoms with Gasteiger partial charge in [0.2, 0.25) is 11.9 Å². The summed E-state index contributed by atoms with van der Waals surface area (Å²) in [6.45, 7) is -1.33. The van der Waals surface area contributed by atoms with Crippen molar-refractivity contribution >= 4 is 29.1 Å². The first-order chi connectivity index (χ1) is 16.4. The lowest BCUT2D eigenvalue weighted by Crippen LogP contribution is -2.49. The molecule has 35 heavy (non-hydrogen) atoms. The molecule has 2 heterocycles. The summed E-state index contributed by atoms with van der Waals surface area (Å²) < 4.78 is 72.4. The predicted molar refractivity (Wildman–Crippen MR) is 118 cm³/mol. The second-order valence-electron chi connectivity index (χ2n) is 8.55. The van der Waals surface area contributed by atoms with Gasteiger partial charge in [0.15, 0.2) is 5.65 Å². The molecular weight excluding hydrogens is 497 g/mol. The van der Waals surface area contributed by atoms with E-state index >= 15 is 4.39 Å². The number of nitrogens with two attached hydrogens (primary N) is 1. The molecule has 7 nitrogen and oxygen atoms in total.